The van der Waals surface area contributed by atoms with Crippen molar-refractivity contribution in [2.24, 2.45) is 0 Å². The molecule has 0 aliphatic carbocycles. The number of hydrogen-bond acceptors (Lipinski definition) is 5. The van der Waals surface area contributed by atoms with Crippen molar-refractivity contribution in [1.82, 2.24) is 4.90 Å². The molecule has 3 atom stereocenters. The Hall–Kier alpha value is -1.56. The molecule has 2 saturated heterocycles. The van der Waals surface area contributed by atoms with Gasteiger partial charge in [-0.25, -0.2) is 4.79 Å². The third kappa shape index (κ3) is 5.49. The molecule has 0 aromatic heterocycles. The van der Waals surface area contributed by atoms with E-state index in [-0.39, 0.29) is 24.8 Å². The number of esters is 1. The van der Waals surface area contributed by atoms with Crippen molar-refractivity contribution in [3.63, 3.8) is 0 Å². The molecule has 156 valence electrons. The van der Waals surface area contributed by atoms with Crippen LogP contribution in [-0.2, 0) is 14.3 Å². The molecule has 2 fully saturated rings. The van der Waals surface area contributed by atoms with Crippen LogP contribution in [0.5, 0.6) is 0 Å². The van der Waals surface area contributed by atoms with E-state index in [0.29, 0.717) is 30.0 Å². The van der Waals surface area contributed by atoms with Gasteiger partial charge in [-0.1, -0.05) is 37.6 Å². The molecule has 0 aromatic rings. The summed E-state index contributed by atoms with van der Waals surface area (Å²) in [6.45, 7) is 11.3. The Balaban J connectivity index is 2.36. The summed E-state index contributed by atoms with van der Waals surface area (Å²) in [5.41, 5.74) is 2.20. The molecular formula is C22H32ClNO4. The molecule has 5 nitrogen and oxygen atoms in total. The molecule has 2 heterocycles. The first-order valence-corrected chi connectivity index (χ1v) is 10.5. The molecule has 0 bridgehead atoms. The van der Waals surface area contributed by atoms with Crippen LogP contribution < -0.4 is 0 Å². The van der Waals surface area contributed by atoms with Gasteiger partial charge in [0.2, 0.25) is 0 Å². The predicted octanol–water partition coefficient (Wildman–Crippen LogP) is 4.08. The fraction of sp³-hybridized carbons (Fsp3) is 0.591. The largest absolute Gasteiger partial charge is 0.454 e. The smallest absolute Gasteiger partial charge is 0.339 e. The van der Waals surface area contributed by atoms with E-state index in [4.69, 9.17) is 26.2 Å². The zero-order chi connectivity index (χ0) is 20.7. The number of cyclic esters (lactones) is 1. The number of rotatable bonds is 8. The van der Waals surface area contributed by atoms with Crippen LogP contribution in [0.3, 0.4) is 0 Å². The number of halogens is 1. The number of hydrogen-bond donors (Lipinski definition) is 1. The van der Waals surface area contributed by atoms with Crippen LogP contribution in [-0.4, -0.2) is 54.0 Å². The first-order chi connectivity index (χ1) is 13.4. The van der Waals surface area contributed by atoms with E-state index in [1.165, 1.54) is 0 Å². The van der Waals surface area contributed by atoms with E-state index in [0.717, 1.165) is 30.7 Å². The Labute approximate surface area is 173 Å². The molecule has 2 aliphatic heterocycles. The van der Waals surface area contributed by atoms with Crippen molar-refractivity contribution in [3.8, 4) is 0 Å². The number of nitrogens with zero attached hydrogens (tertiary/aromatic N) is 1. The summed E-state index contributed by atoms with van der Waals surface area (Å²) in [4.78, 5) is 14.8. The Morgan fingerprint density at radius 3 is 2.71 bits per heavy atom. The number of ether oxygens (including phenoxy) is 2. The van der Waals surface area contributed by atoms with Crippen LogP contribution in [0.2, 0.25) is 0 Å². The average Bonchev–Trinajstić information content (AvgIpc) is 3.00. The number of aliphatic hydroxyl groups is 1. The fourth-order valence-electron chi connectivity index (χ4n) is 3.63. The van der Waals surface area contributed by atoms with Crippen molar-refractivity contribution < 1.29 is 19.4 Å². The summed E-state index contributed by atoms with van der Waals surface area (Å²) in [5, 5.41) is 9.67. The maximum absolute atomic E-state index is 12.6. The van der Waals surface area contributed by atoms with Gasteiger partial charge in [0.15, 0.2) is 0 Å². The van der Waals surface area contributed by atoms with Crippen LogP contribution in [0.25, 0.3) is 0 Å². The summed E-state index contributed by atoms with van der Waals surface area (Å²) < 4.78 is 11.6. The van der Waals surface area contributed by atoms with Gasteiger partial charge < -0.3 is 19.5 Å². The standard InChI is InChI=1S/C22H32ClNO4/c1-5-9-16(24-13-17(6-2)27-18(7-3)14-24)12-19-21(15(4)23)20(10-8-11-25)28-22(19)26/h6,9,12,17-18,20,25H,2,5,7-8,10-11,13-14H2,1,3-4H3/b16-9+,19-12+,21-15-. The Morgan fingerprint density at radius 1 is 1.39 bits per heavy atom. The van der Waals surface area contributed by atoms with Gasteiger partial charge >= 0.3 is 5.97 Å². The molecule has 6 heteroatoms. The topological polar surface area (TPSA) is 59.0 Å². The first-order valence-electron chi connectivity index (χ1n) is 10.1. The lowest BCUT2D eigenvalue weighted by Gasteiger charge is -2.39. The zero-order valence-corrected chi connectivity index (χ0v) is 17.9. The van der Waals surface area contributed by atoms with Crippen molar-refractivity contribution >= 4 is 17.6 Å². The average molecular weight is 410 g/mol. The molecule has 0 spiro atoms. The van der Waals surface area contributed by atoms with E-state index >= 15 is 0 Å². The highest BCUT2D eigenvalue weighted by Crippen LogP contribution is 2.35. The highest BCUT2D eigenvalue weighted by Gasteiger charge is 2.36. The number of carbonyl (C=O) groups is 1. The van der Waals surface area contributed by atoms with Crippen LogP contribution >= 0.6 is 11.6 Å². The second-order valence-electron chi connectivity index (χ2n) is 7.15. The fourth-order valence-corrected chi connectivity index (χ4v) is 3.86. The van der Waals surface area contributed by atoms with E-state index in [1.54, 1.807) is 6.92 Å². The Bertz CT molecular complexity index is 663. The van der Waals surface area contributed by atoms with Gasteiger partial charge in [0.1, 0.15) is 6.10 Å². The predicted molar refractivity (Wildman–Crippen MR) is 112 cm³/mol. The van der Waals surface area contributed by atoms with Crippen LogP contribution in [0, 0.1) is 0 Å². The van der Waals surface area contributed by atoms with E-state index in [2.05, 4.69) is 31.4 Å². The molecule has 0 radical (unpaired) electrons. The lowest BCUT2D eigenvalue weighted by molar-refractivity contribution is -0.138. The van der Waals surface area contributed by atoms with E-state index in [1.807, 2.05) is 12.2 Å². The van der Waals surface area contributed by atoms with Crippen LogP contribution in [0.15, 0.2) is 46.7 Å². The second kappa shape index (κ2) is 10.8. The summed E-state index contributed by atoms with van der Waals surface area (Å²) >= 11 is 6.33. The molecule has 3 unspecified atom stereocenters. The van der Waals surface area contributed by atoms with Crippen molar-refractivity contribution in [2.45, 2.75) is 64.8 Å². The van der Waals surface area contributed by atoms with Crippen molar-refractivity contribution in [3.05, 3.63) is 46.7 Å². The highest BCUT2D eigenvalue weighted by molar-refractivity contribution is 6.30. The summed E-state index contributed by atoms with van der Waals surface area (Å²) in [6.07, 6.45) is 8.36. The number of allylic oxidation sites excluding steroid dienone is 3. The minimum Gasteiger partial charge on any atom is -0.454 e. The van der Waals surface area contributed by atoms with Gasteiger partial charge in [-0.15, -0.1) is 6.58 Å². The monoisotopic (exact) mass is 409 g/mol. The quantitative estimate of drug-likeness (QED) is 0.372. The lowest BCUT2D eigenvalue weighted by Crippen LogP contribution is -2.45. The summed E-state index contributed by atoms with van der Waals surface area (Å²) in [6, 6.07) is 0. The third-order valence-electron chi connectivity index (χ3n) is 5.06. The van der Waals surface area contributed by atoms with Gasteiger partial charge in [-0.2, -0.15) is 0 Å². The third-order valence-corrected chi connectivity index (χ3v) is 5.26. The SMILES string of the molecule is C=CC1CN(C(/C=C2/C(=O)OC(CCCO)/C2=C(/C)Cl)=C/CC)CC(CC)O1. The number of morpholine rings is 1. The number of aliphatic hydroxyl groups excluding tert-OH is 1. The van der Waals surface area contributed by atoms with Crippen LogP contribution in [0.4, 0.5) is 0 Å². The van der Waals surface area contributed by atoms with Gasteiger partial charge in [-0.05, 0) is 38.7 Å². The van der Waals surface area contributed by atoms with Crippen LogP contribution in [0.1, 0.15) is 46.5 Å². The van der Waals surface area contributed by atoms with E-state index in [9.17, 15) is 4.79 Å². The van der Waals surface area contributed by atoms with Crippen molar-refractivity contribution in [2.75, 3.05) is 19.7 Å². The Kier molecular flexibility index (Phi) is 8.80. The van der Waals surface area contributed by atoms with Gasteiger partial charge in [-0.3, -0.25) is 0 Å². The minimum absolute atomic E-state index is 0.0463. The highest BCUT2D eigenvalue weighted by atomic mass is 35.5. The Morgan fingerprint density at radius 2 is 2.14 bits per heavy atom. The molecule has 2 rings (SSSR count). The maximum atomic E-state index is 12.6. The van der Waals surface area contributed by atoms with Gasteiger partial charge in [0, 0.05) is 36.0 Å². The minimum atomic E-state index is -0.403. The van der Waals surface area contributed by atoms with Crippen molar-refractivity contribution in [1.29, 1.82) is 0 Å². The molecular weight excluding hydrogens is 378 g/mol. The molecule has 0 saturated carbocycles. The summed E-state index contributed by atoms with van der Waals surface area (Å²) in [7, 11) is 0. The molecule has 2 aliphatic rings. The number of carbonyl (C=O) groups excluding carboxylic acids is 1. The molecule has 0 aromatic carbocycles. The molecule has 0 amide bonds. The maximum Gasteiger partial charge on any atom is 0.339 e. The first kappa shape index (κ1) is 22.7. The second-order valence-corrected chi connectivity index (χ2v) is 7.71. The van der Waals surface area contributed by atoms with Gasteiger partial charge in [0.25, 0.3) is 0 Å². The van der Waals surface area contributed by atoms with Gasteiger partial charge in [0.05, 0.1) is 17.8 Å². The van der Waals surface area contributed by atoms with E-state index < -0.39 is 6.10 Å². The zero-order valence-electron chi connectivity index (χ0n) is 17.1. The molecule has 1 N–H and O–H groups in total. The molecule has 28 heavy (non-hydrogen) atoms. The lowest BCUT2D eigenvalue weighted by atomic mass is 9.98. The summed E-state index contributed by atoms with van der Waals surface area (Å²) in [5.74, 6) is -0.361. The normalized spacial score (nSPS) is 29.2.